The van der Waals surface area contributed by atoms with Gasteiger partial charge in [0.2, 0.25) is 0 Å². The third kappa shape index (κ3) is 7.73. The van der Waals surface area contributed by atoms with Crippen molar-refractivity contribution in [2.75, 3.05) is 0 Å². The van der Waals surface area contributed by atoms with E-state index in [-0.39, 0.29) is 16.4 Å². The average molecular weight is 335 g/mol. The molecular weight excluding hydrogens is 292 g/mol. The predicted octanol–water partition coefficient (Wildman–Crippen LogP) is 7.70. The van der Waals surface area contributed by atoms with Crippen LogP contribution in [0, 0.1) is 16.7 Å². The Bertz CT molecular complexity index is 447. The van der Waals surface area contributed by atoms with Crippen LogP contribution < -0.4 is 0 Å². The average Bonchev–Trinajstić information content (AvgIpc) is 2.47. The van der Waals surface area contributed by atoms with E-state index in [1.54, 1.807) is 0 Å². The highest BCUT2D eigenvalue weighted by molar-refractivity contribution is 5.30. The Morgan fingerprint density at radius 1 is 1.00 bits per heavy atom. The van der Waals surface area contributed by atoms with Crippen molar-refractivity contribution in [1.29, 1.82) is 0 Å². The predicted molar refractivity (Wildman–Crippen MR) is 109 cm³/mol. The maximum absolute atomic E-state index is 6.35. The second-order valence-electron chi connectivity index (χ2n) is 9.48. The summed E-state index contributed by atoms with van der Waals surface area (Å²) in [5.74, 6) is 1.40. The van der Waals surface area contributed by atoms with Gasteiger partial charge in [-0.15, -0.1) is 0 Å². The van der Waals surface area contributed by atoms with Crippen molar-refractivity contribution in [3.05, 3.63) is 36.1 Å². The largest absolute Gasteiger partial charge is 0.488 e. The lowest BCUT2D eigenvalue weighted by atomic mass is 9.68. The molecule has 0 rings (SSSR count). The molecule has 0 spiro atoms. The van der Waals surface area contributed by atoms with Crippen LogP contribution in [0.25, 0.3) is 0 Å². The topological polar surface area (TPSA) is 9.23 Å². The maximum atomic E-state index is 6.35. The van der Waals surface area contributed by atoms with E-state index in [4.69, 9.17) is 4.74 Å². The van der Waals surface area contributed by atoms with Gasteiger partial charge in [0.1, 0.15) is 11.4 Å². The first kappa shape index (κ1) is 23.0. The minimum atomic E-state index is -0.105. The lowest BCUT2D eigenvalue weighted by Gasteiger charge is -2.37. The quantitative estimate of drug-likeness (QED) is 0.326. The van der Waals surface area contributed by atoms with Gasteiger partial charge in [-0.3, -0.25) is 0 Å². The molecule has 0 amide bonds. The van der Waals surface area contributed by atoms with Crippen LogP contribution in [0.1, 0.15) is 88.5 Å². The second-order valence-corrected chi connectivity index (χ2v) is 9.48. The fourth-order valence-corrected chi connectivity index (χ4v) is 2.85. The highest BCUT2D eigenvalue weighted by Gasteiger charge is 2.31. The van der Waals surface area contributed by atoms with Gasteiger partial charge in [-0.1, -0.05) is 68.0 Å². The molecule has 1 heteroatoms. The first-order valence-corrected chi connectivity index (χ1v) is 9.51. The zero-order valence-electron chi connectivity index (χ0n) is 18.0. The fraction of sp³-hybridized carbons (Fsp3) is 0.739. The second kappa shape index (κ2) is 8.92. The Morgan fingerprint density at radius 3 is 1.79 bits per heavy atom. The van der Waals surface area contributed by atoms with Crippen LogP contribution >= 0.6 is 0 Å². The van der Waals surface area contributed by atoms with Crippen LogP contribution in [-0.4, -0.2) is 5.60 Å². The van der Waals surface area contributed by atoms with Crippen LogP contribution in [0.5, 0.6) is 0 Å². The third-order valence-electron chi connectivity index (χ3n) is 4.95. The molecule has 0 bridgehead atoms. The van der Waals surface area contributed by atoms with E-state index in [1.165, 1.54) is 5.57 Å². The SMILES string of the molecule is C=C/C(=C\C(=C/C)OC(C)(CC)CC)C(CC(C)(C)C)C(C)(C)C. The standard InChI is InChI=1S/C23H42O/c1-12-18(20(22(8,9)10)17-21(5,6)7)16-19(13-2)24-23(11,14-3)15-4/h12-13,16,20H,1,14-15,17H2,2-11H3/b18-16+,19-13+. The van der Waals surface area contributed by atoms with E-state index in [0.29, 0.717) is 5.92 Å². The molecule has 24 heavy (non-hydrogen) atoms. The van der Waals surface area contributed by atoms with E-state index in [2.05, 4.69) is 81.0 Å². The molecule has 0 heterocycles. The Balaban J connectivity index is 5.73. The van der Waals surface area contributed by atoms with Gasteiger partial charge in [-0.2, -0.15) is 0 Å². The molecule has 0 saturated heterocycles. The number of rotatable bonds is 8. The number of allylic oxidation sites excluding steroid dienone is 4. The van der Waals surface area contributed by atoms with Gasteiger partial charge >= 0.3 is 0 Å². The summed E-state index contributed by atoms with van der Waals surface area (Å²) in [6.07, 6.45) is 9.43. The summed E-state index contributed by atoms with van der Waals surface area (Å²) in [6, 6.07) is 0. The minimum absolute atomic E-state index is 0.105. The van der Waals surface area contributed by atoms with Crippen LogP contribution in [0.4, 0.5) is 0 Å². The van der Waals surface area contributed by atoms with E-state index in [0.717, 1.165) is 25.0 Å². The molecule has 1 nitrogen and oxygen atoms in total. The summed E-state index contributed by atoms with van der Waals surface area (Å²) in [5.41, 5.74) is 1.63. The summed E-state index contributed by atoms with van der Waals surface area (Å²) in [4.78, 5) is 0. The normalized spacial score (nSPS) is 16.1. The molecule has 140 valence electrons. The molecule has 0 aliphatic heterocycles. The van der Waals surface area contributed by atoms with E-state index in [9.17, 15) is 0 Å². The number of ether oxygens (including phenoxy) is 1. The Labute approximate surface area is 152 Å². The summed E-state index contributed by atoms with van der Waals surface area (Å²) < 4.78 is 6.35. The van der Waals surface area contributed by atoms with Crippen molar-refractivity contribution in [2.45, 2.75) is 94.1 Å². The Hall–Kier alpha value is -0.980. The van der Waals surface area contributed by atoms with Gasteiger partial charge < -0.3 is 4.74 Å². The van der Waals surface area contributed by atoms with Gasteiger partial charge in [0.25, 0.3) is 0 Å². The monoisotopic (exact) mass is 334 g/mol. The van der Waals surface area contributed by atoms with Crippen LogP contribution in [-0.2, 0) is 4.74 Å². The van der Waals surface area contributed by atoms with Crippen molar-refractivity contribution >= 4 is 0 Å². The molecule has 0 saturated carbocycles. The first-order chi connectivity index (χ1) is 10.8. The molecule has 0 aromatic rings. The zero-order chi connectivity index (χ0) is 19.2. The highest BCUT2D eigenvalue weighted by Crippen LogP contribution is 2.41. The minimum Gasteiger partial charge on any atom is -0.488 e. The van der Waals surface area contributed by atoms with Gasteiger partial charge in [0.05, 0.1) is 0 Å². The smallest absolute Gasteiger partial charge is 0.116 e. The maximum Gasteiger partial charge on any atom is 0.116 e. The molecule has 0 aliphatic rings. The Morgan fingerprint density at radius 2 is 1.50 bits per heavy atom. The van der Waals surface area contributed by atoms with Gasteiger partial charge in [-0.25, -0.2) is 0 Å². The van der Waals surface area contributed by atoms with Gasteiger partial charge in [0, 0.05) is 0 Å². The number of hydrogen-bond donors (Lipinski definition) is 0. The summed E-state index contributed by atoms with van der Waals surface area (Å²) in [6.45, 7) is 26.6. The van der Waals surface area contributed by atoms with Gasteiger partial charge in [0.15, 0.2) is 0 Å². The van der Waals surface area contributed by atoms with Crippen LogP contribution in [0.3, 0.4) is 0 Å². The van der Waals surface area contributed by atoms with Crippen molar-refractivity contribution < 1.29 is 4.74 Å². The summed E-state index contributed by atoms with van der Waals surface area (Å²) in [7, 11) is 0. The molecule has 1 atom stereocenters. The number of hydrogen-bond acceptors (Lipinski definition) is 1. The summed E-state index contributed by atoms with van der Waals surface area (Å²) >= 11 is 0. The van der Waals surface area contributed by atoms with Crippen molar-refractivity contribution in [2.24, 2.45) is 16.7 Å². The molecule has 0 aromatic carbocycles. The van der Waals surface area contributed by atoms with E-state index < -0.39 is 0 Å². The molecular formula is C23H42O. The van der Waals surface area contributed by atoms with Crippen molar-refractivity contribution in [1.82, 2.24) is 0 Å². The van der Waals surface area contributed by atoms with Crippen molar-refractivity contribution in [3.63, 3.8) is 0 Å². The fourth-order valence-electron chi connectivity index (χ4n) is 2.85. The lowest BCUT2D eigenvalue weighted by molar-refractivity contribution is 0.0173. The van der Waals surface area contributed by atoms with E-state index in [1.807, 2.05) is 13.0 Å². The zero-order valence-corrected chi connectivity index (χ0v) is 18.0. The van der Waals surface area contributed by atoms with Gasteiger partial charge in [-0.05, 0) is 67.6 Å². The van der Waals surface area contributed by atoms with E-state index >= 15 is 0 Å². The third-order valence-corrected chi connectivity index (χ3v) is 4.95. The lowest BCUT2D eigenvalue weighted by Crippen LogP contribution is -2.28. The first-order valence-electron chi connectivity index (χ1n) is 9.51. The van der Waals surface area contributed by atoms with Crippen LogP contribution in [0.15, 0.2) is 36.1 Å². The highest BCUT2D eigenvalue weighted by atomic mass is 16.5. The molecule has 0 N–H and O–H groups in total. The molecule has 0 radical (unpaired) electrons. The van der Waals surface area contributed by atoms with Crippen LogP contribution in [0.2, 0.25) is 0 Å². The summed E-state index contributed by atoms with van der Waals surface area (Å²) in [5, 5.41) is 0. The molecule has 0 aromatic heterocycles. The molecule has 0 aliphatic carbocycles. The molecule has 0 fully saturated rings. The van der Waals surface area contributed by atoms with Crippen molar-refractivity contribution in [3.8, 4) is 0 Å². The Kier molecular flexibility index (Phi) is 8.56. The molecule has 1 unspecified atom stereocenters.